The van der Waals surface area contributed by atoms with Crippen molar-refractivity contribution in [1.29, 1.82) is 0 Å². The van der Waals surface area contributed by atoms with E-state index in [2.05, 4.69) is 4.74 Å². The summed E-state index contributed by atoms with van der Waals surface area (Å²) in [6.45, 7) is 0. The molecule has 2 aromatic rings. The van der Waals surface area contributed by atoms with Gasteiger partial charge in [-0.25, -0.2) is 4.39 Å². The van der Waals surface area contributed by atoms with Gasteiger partial charge in [0.05, 0.1) is 0 Å². The smallest absolute Gasteiger partial charge is 0.508 e. The summed E-state index contributed by atoms with van der Waals surface area (Å²) in [4.78, 5) is 0. The van der Waals surface area contributed by atoms with Gasteiger partial charge in [-0.3, -0.25) is 0 Å². The quantitative estimate of drug-likeness (QED) is 0.834. The highest BCUT2D eigenvalue weighted by Gasteiger charge is 2.30. The summed E-state index contributed by atoms with van der Waals surface area (Å²) in [6.07, 6.45) is -4.76. The van der Waals surface area contributed by atoms with E-state index in [0.717, 1.165) is 18.2 Å². The SMILES string of the molecule is Oc1ccc(-c2ccc(OC(F)(F)F)cc2)c(F)c1. The van der Waals surface area contributed by atoms with Crippen molar-refractivity contribution in [3.8, 4) is 22.6 Å². The maximum absolute atomic E-state index is 13.5. The van der Waals surface area contributed by atoms with Gasteiger partial charge in [0.2, 0.25) is 0 Å². The van der Waals surface area contributed by atoms with Gasteiger partial charge in [0.25, 0.3) is 0 Å². The Morgan fingerprint density at radius 2 is 1.58 bits per heavy atom. The number of hydrogen-bond acceptors (Lipinski definition) is 2. The third-order valence-electron chi connectivity index (χ3n) is 2.35. The van der Waals surface area contributed by atoms with Crippen LogP contribution in [-0.4, -0.2) is 11.5 Å². The molecule has 6 heteroatoms. The van der Waals surface area contributed by atoms with Crippen molar-refractivity contribution in [3.63, 3.8) is 0 Å². The van der Waals surface area contributed by atoms with Crippen LogP contribution in [-0.2, 0) is 0 Å². The van der Waals surface area contributed by atoms with Crippen LogP contribution in [0.5, 0.6) is 11.5 Å². The monoisotopic (exact) mass is 272 g/mol. The molecule has 2 aromatic carbocycles. The molecule has 0 aliphatic rings. The fourth-order valence-corrected chi connectivity index (χ4v) is 1.57. The molecule has 19 heavy (non-hydrogen) atoms. The number of phenols is 1. The van der Waals surface area contributed by atoms with Gasteiger partial charge < -0.3 is 9.84 Å². The van der Waals surface area contributed by atoms with Crippen molar-refractivity contribution in [2.45, 2.75) is 6.36 Å². The van der Waals surface area contributed by atoms with Gasteiger partial charge in [0.15, 0.2) is 0 Å². The molecule has 0 saturated heterocycles. The molecular weight excluding hydrogens is 264 g/mol. The number of benzene rings is 2. The molecule has 1 N–H and O–H groups in total. The number of alkyl halides is 3. The third kappa shape index (κ3) is 3.37. The normalized spacial score (nSPS) is 11.4. The van der Waals surface area contributed by atoms with Crippen LogP contribution < -0.4 is 4.74 Å². The van der Waals surface area contributed by atoms with Crippen LogP contribution in [0.1, 0.15) is 0 Å². The number of aromatic hydroxyl groups is 1. The zero-order valence-electron chi connectivity index (χ0n) is 9.41. The Morgan fingerprint density at radius 1 is 0.947 bits per heavy atom. The molecule has 0 unspecified atom stereocenters. The lowest BCUT2D eigenvalue weighted by molar-refractivity contribution is -0.274. The predicted molar refractivity (Wildman–Crippen MR) is 60.2 cm³/mol. The number of phenolic OH excluding ortho intramolecular Hbond substituents is 1. The lowest BCUT2D eigenvalue weighted by atomic mass is 10.0. The van der Waals surface area contributed by atoms with Gasteiger partial charge >= 0.3 is 6.36 Å². The minimum absolute atomic E-state index is 0.177. The van der Waals surface area contributed by atoms with Crippen LogP contribution in [0, 0.1) is 5.82 Å². The van der Waals surface area contributed by atoms with Crippen LogP contribution >= 0.6 is 0 Å². The van der Waals surface area contributed by atoms with E-state index in [1.807, 2.05) is 0 Å². The molecule has 0 atom stereocenters. The highest BCUT2D eigenvalue weighted by Crippen LogP contribution is 2.29. The second kappa shape index (κ2) is 4.79. The Morgan fingerprint density at radius 3 is 2.11 bits per heavy atom. The van der Waals surface area contributed by atoms with E-state index < -0.39 is 12.2 Å². The van der Waals surface area contributed by atoms with E-state index in [-0.39, 0.29) is 17.1 Å². The first-order valence-corrected chi connectivity index (χ1v) is 5.20. The minimum Gasteiger partial charge on any atom is -0.508 e. The molecule has 0 radical (unpaired) electrons. The zero-order valence-corrected chi connectivity index (χ0v) is 9.41. The van der Waals surface area contributed by atoms with Crippen LogP contribution in [0.25, 0.3) is 11.1 Å². The lowest BCUT2D eigenvalue weighted by Gasteiger charge is -2.09. The highest BCUT2D eigenvalue weighted by molar-refractivity contribution is 5.65. The molecule has 0 saturated carbocycles. The molecule has 0 aliphatic carbocycles. The first-order valence-electron chi connectivity index (χ1n) is 5.20. The average Bonchev–Trinajstić information content (AvgIpc) is 2.28. The Labute approximate surface area is 105 Å². The molecule has 0 amide bonds. The van der Waals surface area contributed by atoms with Gasteiger partial charge in [0.1, 0.15) is 17.3 Å². The van der Waals surface area contributed by atoms with Gasteiger partial charge in [-0.05, 0) is 29.8 Å². The Hall–Kier alpha value is -2.24. The van der Waals surface area contributed by atoms with Gasteiger partial charge in [-0.1, -0.05) is 12.1 Å². The zero-order chi connectivity index (χ0) is 14.0. The molecule has 0 heterocycles. The molecule has 0 aliphatic heterocycles. The van der Waals surface area contributed by atoms with E-state index in [1.165, 1.54) is 24.3 Å². The van der Waals surface area contributed by atoms with Crippen molar-refractivity contribution < 1.29 is 27.4 Å². The Balaban J connectivity index is 2.27. The number of ether oxygens (including phenoxy) is 1. The highest BCUT2D eigenvalue weighted by atomic mass is 19.4. The van der Waals surface area contributed by atoms with Crippen molar-refractivity contribution in [2.75, 3.05) is 0 Å². The maximum Gasteiger partial charge on any atom is 0.573 e. The minimum atomic E-state index is -4.76. The fraction of sp³-hybridized carbons (Fsp3) is 0.0769. The predicted octanol–water partition coefficient (Wildman–Crippen LogP) is 4.10. The van der Waals surface area contributed by atoms with Crippen molar-refractivity contribution >= 4 is 0 Å². The number of hydrogen-bond donors (Lipinski definition) is 1. The van der Waals surface area contributed by atoms with Gasteiger partial charge in [-0.15, -0.1) is 13.2 Å². The average molecular weight is 272 g/mol. The van der Waals surface area contributed by atoms with E-state index in [9.17, 15) is 17.6 Å². The summed E-state index contributed by atoms with van der Waals surface area (Å²) in [5, 5.41) is 9.07. The summed E-state index contributed by atoms with van der Waals surface area (Å²) in [5.41, 5.74) is 0.559. The molecule has 0 aromatic heterocycles. The van der Waals surface area contributed by atoms with E-state index in [0.29, 0.717) is 5.56 Å². The molecule has 2 nitrogen and oxygen atoms in total. The summed E-state index contributed by atoms with van der Waals surface area (Å²) in [7, 11) is 0. The first kappa shape index (κ1) is 13.2. The lowest BCUT2D eigenvalue weighted by Crippen LogP contribution is -2.16. The van der Waals surface area contributed by atoms with Crippen LogP contribution in [0.2, 0.25) is 0 Å². The summed E-state index contributed by atoms with van der Waals surface area (Å²) in [5.74, 6) is -1.27. The van der Waals surface area contributed by atoms with E-state index in [4.69, 9.17) is 5.11 Å². The molecular formula is C13H8F4O2. The Kier molecular flexibility index (Phi) is 3.33. The number of halogens is 4. The fourth-order valence-electron chi connectivity index (χ4n) is 1.57. The molecule has 2 rings (SSSR count). The van der Waals surface area contributed by atoms with Crippen LogP contribution in [0.3, 0.4) is 0 Å². The van der Waals surface area contributed by atoms with E-state index in [1.54, 1.807) is 0 Å². The van der Waals surface area contributed by atoms with Crippen molar-refractivity contribution in [3.05, 3.63) is 48.3 Å². The summed E-state index contributed by atoms with van der Waals surface area (Å²) in [6, 6.07) is 8.34. The second-order valence-corrected chi connectivity index (χ2v) is 3.74. The first-order chi connectivity index (χ1) is 8.85. The molecule has 0 bridgehead atoms. The number of rotatable bonds is 2. The third-order valence-corrected chi connectivity index (χ3v) is 2.35. The van der Waals surface area contributed by atoms with Gasteiger partial charge in [0, 0.05) is 11.6 Å². The van der Waals surface area contributed by atoms with Crippen molar-refractivity contribution in [2.24, 2.45) is 0 Å². The molecule has 100 valence electrons. The topological polar surface area (TPSA) is 29.5 Å². The van der Waals surface area contributed by atoms with E-state index >= 15 is 0 Å². The van der Waals surface area contributed by atoms with Gasteiger partial charge in [-0.2, -0.15) is 0 Å². The largest absolute Gasteiger partial charge is 0.573 e. The standard InChI is InChI=1S/C13H8F4O2/c14-12-7-9(18)3-6-11(12)8-1-4-10(5-2-8)19-13(15,16)17/h1-7,18H. The van der Waals surface area contributed by atoms with Crippen molar-refractivity contribution in [1.82, 2.24) is 0 Å². The summed E-state index contributed by atoms with van der Waals surface area (Å²) < 4.78 is 53.1. The summed E-state index contributed by atoms with van der Waals surface area (Å²) >= 11 is 0. The van der Waals surface area contributed by atoms with Crippen LogP contribution in [0.15, 0.2) is 42.5 Å². The van der Waals surface area contributed by atoms with Crippen LogP contribution in [0.4, 0.5) is 17.6 Å². The Bertz CT molecular complexity index is 576. The second-order valence-electron chi connectivity index (χ2n) is 3.74. The molecule has 0 fully saturated rings. The maximum atomic E-state index is 13.5. The molecule has 0 spiro atoms.